The monoisotopic (exact) mass is 169 g/mol. The van der Waals surface area contributed by atoms with Gasteiger partial charge in [0.1, 0.15) is 5.76 Å². The quantitative estimate of drug-likeness (QED) is 0.619. The summed E-state index contributed by atoms with van der Waals surface area (Å²) in [4.78, 5) is 21.1. The Morgan fingerprint density at radius 2 is 2.25 bits per heavy atom. The van der Waals surface area contributed by atoms with Crippen LogP contribution in [0.25, 0.3) is 0 Å². The fourth-order valence-corrected chi connectivity index (χ4v) is 0.839. The van der Waals surface area contributed by atoms with Gasteiger partial charge in [0.2, 0.25) is 5.91 Å². The number of carbonyl (C=O) groups is 2. The molecule has 0 spiro atoms. The summed E-state index contributed by atoms with van der Waals surface area (Å²) in [5.41, 5.74) is 4.85. The van der Waals surface area contributed by atoms with E-state index in [1.807, 2.05) is 0 Å². The van der Waals surface area contributed by atoms with Gasteiger partial charge in [-0.2, -0.15) is 0 Å². The summed E-state index contributed by atoms with van der Waals surface area (Å²) in [5.74, 6) is -3.58. The van der Waals surface area contributed by atoms with Gasteiger partial charge in [0.05, 0.1) is 6.26 Å². The maximum Gasteiger partial charge on any atom is 0.323 e. The van der Waals surface area contributed by atoms with Crippen LogP contribution in [0.2, 0.25) is 0 Å². The average Bonchev–Trinajstić information content (AvgIpc) is 2.37. The van der Waals surface area contributed by atoms with Gasteiger partial charge in [0, 0.05) is 0 Å². The van der Waals surface area contributed by atoms with E-state index in [2.05, 4.69) is 0 Å². The van der Waals surface area contributed by atoms with Crippen molar-refractivity contribution in [1.29, 1.82) is 0 Å². The number of nitrogens with two attached hydrogens (primary N) is 1. The minimum absolute atomic E-state index is 0.0509. The number of hydrogen-bond acceptors (Lipinski definition) is 3. The summed E-state index contributed by atoms with van der Waals surface area (Å²) in [7, 11) is 0. The van der Waals surface area contributed by atoms with E-state index in [0.29, 0.717) is 0 Å². The van der Waals surface area contributed by atoms with Crippen LogP contribution in [-0.4, -0.2) is 17.0 Å². The average molecular weight is 169 g/mol. The molecule has 1 rings (SSSR count). The molecule has 5 heteroatoms. The molecule has 3 N–H and O–H groups in total. The van der Waals surface area contributed by atoms with Crippen LogP contribution >= 0.6 is 0 Å². The molecule has 5 nitrogen and oxygen atoms in total. The second kappa shape index (κ2) is 3.08. The number of carbonyl (C=O) groups excluding carboxylic acids is 1. The van der Waals surface area contributed by atoms with Crippen LogP contribution in [0.1, 0.15) is 11.7 Å². The molecule has 12 heavy (non-hydrogen) atoms. The largest absolute Gasteiger partial charge is 0.480 e. The van der Waals surface area contributed by atoms with Gasteiger partial charge in [-0.25, -0.2) is 0 Å². The molecule has 1 amide bonds. The van der Waals surface area contributed by atoms with Gasteiger partial charge >= 0.3 is 5.97 Å². The van der Waals surface area contributed by atoms with E-state index in [-0.39, 0.29) is 5.76 Å². The number of aliphatic carboxylic acids is 1. The van der Waals surface area contributed by atoms with Crippen molar-refractivity contribution in [3.63, 3.8) is 0 Å². The first kappa shape index (κ1) is 8.32. The Bertz CT molecular complexity index is 276. The minimum atomic E-state index is -1.39. The Kier molecular flexibility index (Phi) is 2.14. The van der Waals surface area contributed by atoms with Crippen LogP contribution in [0.15, 0.2) is 22.8 Å². The molecule has 0 fully saturated rings. The van der Waals surface area contributed by atoms with E-state index in [1.54, 1.807) is 0 Å². The Morgan fingerprint density at radius 3 is 2.58 bits per heavy atom. The van der Waals surface area contributed by atoms with Gasteiger partial charge in [-0.05, 0) is 12.1 Å². The lowest BCUT2D eigenvalue weighted by molar-refractivity contribution is -0.142. The first-order valence-corrected chi connectivity index (χ1v) is 3.18. The number of carboxylic acids is 1. The Morgan fingerprint density at radius 1 is 1.58 bits per heavy atom. The lowest BCUT2D eigenvalue weighted by Crippen LogP contribution is -2.27. The fraction of sp³-hybridized carbons (Fsp3) is 0.143. The van der Waals surface area contributed by atoms with Crippen LogP contribution in [-0.2, 0) is 9.59 Å². The van der Waals surface area contributed by atoms with Crippen LogP contribution in [0, 0.1) is 0 Å². The van der Waals surface area contributed by atoms with E-state index >= 15 is 0 Å². The smallest absolute Gasteiger partial charge is 0.323 e. The predicted molar refractivity (Wildman–Crippen MR) is 38.3 cm³/mol. The van der Waals surface area contributed by atoms with Crippen LogP contribution < -0.4 is 5.73 Å². The van der Waals surface area contributed by atoms with Crippen LogP contribution in [0.4, 0.5) is 0 Å². The third-order valence-corrected chi connectivity index (χ3v) is 1.36. The lowest BCUT2D eigenvalue weighted by Gasteiger charge is -2.02. The second-order valence-corrected chi connectivity index (χ2v) is 2.19. The molecule has 1 aromatic rings. The van der Waals surface area contributed by atoms with E-state index in [1.165, 1.54) is 18.4 Å². The summed E-state index contributed by atoms with van der Waals surface area (Å²) < 4.78 is 4.74. The highest BCUT2D eigenvalue weighted by atomic mass is 16.4. The number of primary amides is 1. The zero-order valence-corrected chi connectivity index (χ0v) is 6.06. The molecule has 1 atom stereocenters. The highest BCUT2D eigenvalue weighted by Crippen LogP contribution is 2.15. The maximum absolute atomic E-state index is 10.6. The Labute approximate surface area is 67.8 Å². The first-order valence-electron chi connectivity index (χ1n) is 3.18. The number of furan rings is 1. The zero-order chi connectivity index (χ0) is 9.14. The molecule has 0 bridgehead atoms. The summed E-state index contributed by atoms with van der Waals surface area (Å²) in [5, 5.41) is 8.55. The highest BCUT2D eigenvalue weighted by molar-refractivity contribution is 6.01. The van der Waals surface area contributed by atoms with Crippen molar-refractivity contribution < 1.29 is 19.1 Å². The molecule has 0 aliphatic carbocycles. The number of amides is 1. The van der Waals surface area contributed by atoms with Gasteiger partial charge in [-0.1, -0.05) is 0 Å². The van der Waals surface area contributed by atoms with Crippen molar-refractivity contribution >= 4 is 11.9 Å². The molecule has 1 aromatic heterocycles. The van der Waals surface area contributed by atoms with Gasteiger partial charge in [0.15, 0.2) is 5.92 Å². The molecule has 0 aliphatic heterocycles. The molecule has 64 valence electrons. The molecule has 0 radical (unpaired) electrons. The van der Waals surface area contributed by atoms with Crippen LogP contribution in [0.5, 0.6) is 0 Å². The van der Waals surface area contributed by atoms with Crippen molar-refractivity contribution in [2.24, 2.45) is 5.73 Å². The third kappa shape index (κ3) is 1.45. The molecular formula is C7H7NO4. The van der Waals surface area contributed by atoms with E-state index in [4.69, 9.17) is 15.3 Å². The van der Waals surface area contributed by atoms with Crippen molar-refractivity contribution in [2.45, 2.75) is 5.92 Å². The van der Waals surface area contributed by atoms with E-state index in [0.717, 1.165) is 0 Å². The molecule has 0 aliphatic rings. The first-order chi connectivity index (χ1) is 5.63. The zero-order valence-electron chi connectivity index (χ0n) is 6.06. The van der Waals surface area contributed by atoms with Gasteiger partial charge in [-0.15, -0.1) is 0 Å². The summed E-state index contributed by atoms with van der Waals surface area (Å²) in [6.45, 7) is 0. The van der Waals surface area contributed by atoms with Crippen LogP contribution in [0.3, 0.4) is 0 Å². The van der Waals surface area contributed by atoms with Crippen molar-refractivity contribution in [2.75, 3.05) is 0 Å². The Balaban J connectivity index is 2.96. The standard InChI is InChI=1S/C7H7NO4/c8-6(9)5(7(10)11)4-2-1-3-12-4/h1-3,5H,(H2,8,9)(H,10,11). The molecule has 0 saturated heterocycles. The van der Waals surface area contributed by atoms with Crippen molar-refractivity contribution in [3.8, 4) is 0 Å². The van der Waals surface area contributed by atoms with E-state index < -0.39 is 17.8 Å². The number of rotatable bonds is 3. The topological polar surface area (TPSA) is 93.5 Å². The second-order valence-electron chi connectivity index (χ2n) is 2.19. The van der Waals surface area contributed by atoms with Crippen molar-refractivity contribution in [1.82, 2.24) is 0 Å². The van der Waals surface area contributed by atoms with Crippen molar-refractivity contribution in [3.05, 3.63) is 24.2 Å². The predicted octanol–water partition coefficient (Wildman–Crippen LogP) is -0.0669. The molecule has 0 aromatic carbocycles. The third-order valence-electron chi connectivity index (χ3n) is 1.36. The number of carboxylic acid groups (broad SMARTS) is 1. The highest BCUT2D eigenvalue weighted by Gasteiger charge is 2.28. The summed E-state index contributed by atoms with van der Waals surface area (Å²) in [6, 6.07) is 2.89. The molecule has 1 heterocycles. The lowest BCUT2D eigenvalue weighted by atomic mass is 10.1. The van der Waals surface area contributed by atoms with Gasteiger partial charge in [-0.3, -0.25) is 9.59 Å². The fourth-order valence-electron chi connectivity index (χ4n) is 0.839. The molecule has 1 unspecified atom stereocenters. The molecular weight excluding hydrogens is 162 g/mol. The SMILES string of the molecule is NC(=O)C(C(=O)O)c1ccco1. The molecule has 0 saturated carbocycles. The van der Waals surface area contributed by atoms with E-state index in [9.17, 15) is 9.59 Å². The summed E-state index contributed by atoms with van der Waals surface area (Å²) >= 11 is 0. The minimum Gasteiger partial charge on any atom is -0.480 e. The maximum atomic E-state index is 10.6. The van der Waals surface area contributed by atoms with Gasteiger partial charge in [0.25, 0.3) is 0 Å². The summed E-state index contributed by atoms with van der Waals surface area (Å²) in [6.07, 6.45) is 1.29. The Hall–Kier alpha value is -1.78. The normalized spacial score (nSPS) is 12.3. The van der Waals surface area contributed by atoms with Gasteiger partial charge < -0.3 is 15.3 Å². The number of hydrogen-bond donors (Lipinski definition) is 2.